The molecule has 0 N–H and O–H groups in total. The Kier molecular flexibility index (Phi) is 4.09. The molecule has 1 aromatic heterocycles. The van der Waals surface area contributed by atoms with Crippen LogP contribution in [0.2, 0.25) is 0 Å². The molecule has 0 saturated carbocycles. The van der Waals surface area contributed by atoms with E-state index in [2.05, 4.69) is 14.9 Å². The highest BCUT2D eigenvalue weighted by molar-refractivity contribution is 5.68. The van der Waals surface area contributed by atoms with Crippen LogP contribution >= 0.6 is 0 Å². The summed E-state index contributed by atoms with van der Waals surface area (Å²) >= 11 is 0. The molecular formula is C16H16N4O2. The van der Waals surface area contributed by atoms with Gasteiger partial charge in [-0.1, -0.05) is 18.2 Å². The molecule has 1 aliphatic rings. The highest BCUT2D eigenvalue weighted by Gasteiger charge is 2.13. The number of anilines is 1. The number of rotatable bonds is 4. The molecule has 1 aromatic carbocycles. The first kappa shape index (κ1) is 14.2. The van der Waals surface area contributed by atoms with Gasteiger partial charge in [-0.05, 0) is 30.5 Å². The number of nitro groups is 1. The molecule has 0 spiro atoms. The minimum atomic E-state index is -0.401. The van der Waals surface area contributed by atoms with Crippen LogP contribution in [0.3, 0.4) is 0 Å². The zero-order valence-corrected chi connectivity index (χ0v) is 12.1. The molecule has 6 heteroatoms. The maximum Gasteiger partial charge on any atom is 0.270 e. The van der Waals surface area contributed by atoms with Gasteiger partial charge in [0.25, 0.3) is 5.69 Å². The first-order valence-electron chi connectivity index (χ1n) is 7.23. The molecule has 3 rings (SSSR count). The molecule has 0 amide bonds. The van der Waals surface area contributed by atoms with E-state index in [1.54, 1.807) is 24.4 Å². The SMILES string of the molecule is O=[N+]([O-])c1cccc(C=Cc2nccc(N3CCCC3)n2)c1. The Morgan fingerprint density at radius 2 is 2.00 bits per heavy atom. The molecule has 1 aliphatic heterocycles. The third-order valence-electron chi connectivity index (χ3n) is 3.60. The molecule has 0 aliphatic carbocycles. The lowest BCUT2D eigenvalue weighted by atomic mass is 10.2. The van der Waals surface area contributed by atoms with E-state index in [1.165, 1.54) is 25.0 Å². The monoisotopic (exact) mass is 296 g/mol. The fraction of sp³-hybridized carbons (Fsp3) is 0.250. The predicted molar refractivity (Wildman–Crippen MR) is 85.5 cm³/mol. The highest BCUT2D eigenvalue weighted by atomic mass is 16.6. The first-order chi connectivity index (χ1) is 10.7. The van der Waals surface area contributed by atoms with E-state index >= 15 is 0 Å². The number of aromatic nitrogens is 2. The van der Waals surface area contributed by atoms with Crippen molar-refractivity contribution in [2.45, 2.75) is 12.8 Å². The minimum absolute atomic E-state index is 0.0777. The van der Waals surface area contributed by atoms with Gasteiger partial charge >= 0.3 is 0 Å². The zero-order chi connectivity index (χ0) is 15.4. The Morgan fingerprint density at radius 3 is 2.77 bits per heavy atom. The lowest BCUT2D eigenvalue weighted by molar-refractivity contribution is -0.384. The van der Waals surface area contributed by atoms with Crippen molar-refractivity contribution in [1.29, 1.82) is 0 Å². The Bertz CT molecular complexity index is 709. The first-order valence-corrected chi connectivity index (χ1v) is 7.23. The Hall–Kier alpha value is -2.76. The predicted octanol–water partition coefficient (Wildman–Crippen LogP) is 3.16. The van der Waals surface area contributed by atoms with Gasteiger partial charge in [-0.25, -0.2) is 9.97 Å². The van der Waals surface area contributed by atoms with Crippen LogP contribution in [0.15, 0.2) is 36.5 Å². The number of non-ortho nitro benzene ring substituents is 1. The van der Waals surface area contributed by atoms with Crippen molar-refractivity contribution in [3.8, 4) is 0 Å². The number of nitro benzene ring substituents is 1. The third kappa shape index (κ3) is 3.28. The van der Waals surface area contributed by atoms with Crippen LogP contribution in [0.4, 0.5) is 11.5 Å². The average Bonchev–Trinajstić information content (AvgIpc) is 3.08. The fourth-order valence-electron chi connectivity index (χ4n) is 2.48. The summed E-state index contributed by atoms with van der Waals surface area (Å²) < 4.78 is 0. The zero-order valence-electron chi connectivity index (χ0n) is 12.1. The largest absolute Gasteiger partial charge is 0.357 e. The minimum Gasteiger partial charge on any atom is -0.357 e. The molecule has 2 aromatic rings. The molecule has 1 fully saturated rings. The van der Waals surface area contributed by atoms with Gasteiger partial charge in [-0.15, -0.1) is 0 Å². The summed E-state index contributed by atoms with van der Waals surface area (Å²) in [6.45, 7) is 2.07. The van der Waals surface area contributed by atoms with E-state index in [0.717, 1.165) is 24.5 Å². The topological polar surface area (TPSA) is 72.2 Å². The molecule has 0 bridgehead atoms. The number of nitrogens with zero attached hydrogens (tertiary/aromatic N) is 4. The molecule has 0 radical (unpaired) electrons. The van der Waals surface area contributed by atoms with Crippen LogP contribution in [0.1, 0.15) is 24.2 Å². The number of benzene rings is 1. The quantitative estimate of drug-likeness (QED) is 0.640. The molecule has 22 heavy (non-hydrogen) atoms. The Balaban J connectivity index is 1.79. The fourth-order valence-corrected chi connectivity index (χ4v) is 2.48. The molecular weight excluding hydrogens is 280 g/mol. The summed E-state index contributed by atoms with van der Waals surface area (Å²) in [6.07, 6.45) is 7.70. The number of hydrogen-bond acceptors (Lipinski definition) is 5. The van der Waals surface area contributed by atoms with Crippen LogP contribution in [-0.2, 0) is 0 Å². The normalized spacial score (nSPS) is 14.6. The molecule has 112 valence electrons. The van der Waals surface area contributed by atoms with Crippen LogP contribution < -0.4 is 4.90 Å². The molecule has 0 unspecified atom stereocenters. The molecule has 6 nitrogen and oxygen atoms in total. The van der Waals surface area contributed by atoms with Gasteiger partial charge in [0, 0.05) is 31.4 Å². The van der Waals surface area contributed by atoms with Gasteiger partial charge in [-0.2, -0.15) is 0 Å². The summed E-state index contributed by atoms with van der Waals surface area (Å²) in [5.41, 5.74) is 0.832. The maximum atomic E-state index is 10.8. The Morgan fingerprint density at radius 1 is 1.18 bits per heavy atom. The van der Waals surface area contributed by atoms with Gasteiger partial charge in [0.2, 0.25) is 0 Å². The van der Waals surface area contributed by atoms with E-state index in [1.807, 2.05) is 12.1 Å². The summed E-state index contributed by atoms with van der Waals surface area (Å²) in [5.74, 6) is 1.54. The van der Waals surface area contributed by atoms with Crippen LogP contribution in [0, 0.1) is 10.1 Å². The van der Waals surface area contributed by atoms with Crippen molar-refractivity contribution < 1.29 is 4.92 Å². The number of hydrogen-bond donors (Lipinski definition) is 0. The van der Waals surface area contributed by atoms with E-state index in [9.17, 15) is 10.1 Å². The molecule has 0 atom stereocenters. The van der Waals surface area contributed by atoms with Gasteiger partial charge < -0.3 is 4.90 Å². The van der Waals surface area contributed by atoms with Crippen molar-refractivity contribution in [1.82, 2.24) is 9.97 Å². The average molecular weight is 296 g/mol. The standard InChI is InChI=1S/C16H16N4O2/c21-20(22)14-5-3-4-13(12-14)6-7-15-17-9-8-16(18-15)19-10-1-2-11-19/h3-9,12H,1-2,10-11H2. The van der Waals surface area contributed by atoms with E-state index in [-0.39, 0.29) is 5.69 Å². The van der Waals surface area contributed by atoms with E-state index in [4.69, 9.17) is 0 Å². The van der Waals surface area contributed by atoms with Crippen molar-refractivity contribution in [3.63, 3.8) is 0 Å². The maximum absolute atomic E-state index is 10.8. The second-order valence-corrected chi connectivity index (χ2v) is 5.15. The van der Waals surface area contributed by atoms with Crippen molar-refractivity contribution in [2.24, 2.45) is 0 Å². The summed E-state index contributed by atoms with van der Waals surface area (Å²) in [4.78, 5) is 21.4. The van der Waals surface area contributed by atoms with Gasteiger partial charge in [0.05, 0.1) is 4.92 Å². The van der Waals surface area contributed by atoms with Gasteiger partial charge in [-0.3, -0.25) is 10.1 Å². The van der Waals surface area contributed by atoms with E-state index in [0.29, 0.717) is 5.82 Å². The van der Waals surface area contributed by atoms with Crippen LogP contribution in [0.25, 0.3) is 12.2 Å². The second-order valence-electron chi connectivity index (χ2n) is 5.15. The highest BCUT2D eigenvalue weighted by Crippen LogP contribution is 2.18. The lowest BCUT2D eigenvalue weighted by Gasteiger charge is -2.15. The third-order valence-corrected chi connectivity index (χ3v) is 3.60. The molecule has 2 heterocycles. The second kappa shape index (κ2) is 6.34. The molecule has 1 saturated heterocycles. The van der Waals surface area contributed by atoms with Gasteiger partial charge in [0.1, 0.15) is 5.82 Å². The van der Waals surface area contributed by atoms with Gasteiger partial charge in [0.15, 0.2) is 5.82 Å². The summed E-state index contributed by atoms with van der Waals surface area (Å²) in [5, 5.41) is 10.8. The smallest absolute Gasteiger partial charge is 0.270 e. The van der Waals surface area contributed by atoms with Crippen molar-refractivity contribution >= 4 is 23.7 Å². The van der Waals surface area contributed by atoms with Crippen molar-refractivity contribution in [2.75, 3.05) is 18.0 Å². The van der Waals surface area contributed by atoms with Crippen LogP contribution in [0.5, 0.6) is 0 Å². The summed E-state index contributed by atoms with van der Waals surface area (Å²) in [6, 6.07) is 8.39. The lowest BCUT2D eigenvalue weighted by Crippen LogP contribution is -2.19. The van der Waals surface area contributed by atoms with Crippen molar-refractivity contribution in [3.05, 3.63) is 58.0 Å². The van der Waals surface area contributed by atoms with Crippen LogP contribution in [-0.4, -0.2) is 28.0 Å². The summed E-state index contributed by atoms with van der Waals surface area (Å²) in [7, 11) is 0. The van der Waals surface area contributed by atoms with E-state index < -0.39 is 4.92 Å². The Labute approximate surface area is 128 Å².